The van der Waals surface area contributed by atoms with Gasteiger partial charge in [0.15, 0.2) is 9.84 Å². The average molecular weight is 331 g/mol. The first-order valence-corrected chi connectivity index (χ1v) is 8.53. The Bertz CT molecular complexity index is 710. The summed E-state index contributed by atoms with van der Waals surface area (Å²) in [6.07, 6.45) is 1.16. The van der Waals surface area contributed by atoms with E-state index < -0.39 is 9.84 Å². The summed E-state index contributed by atoms with van der Waals surface area (Å²) >= 11 is 11.9. The molecule has 0 bridgehead atoms. The van der Waals surface area contributed by atoms with Crippen LogP contribution in [-0.4, -0.2) is 14.7 Å². The number of halogens is 2. The van der Waals surface area contributed by atoms with E-state index in [1.165, 1.54) is 12.1 Å². The third-order valence-corrected chi connectivity index (χ3v) is 4.38. The molecule has 106 valence electrons. The molecular weight excluding hydrogens is 319 g/mol. The summed E-state index contributed by atoms with van der Waals surface area (Å²) in [4.78, 5) is 0.238. The van der Waals surface area contributed by atoms with Crippen molar-refractivity contribution in [1.29, 1.82) is 0 Å². The van der Waals surface area contributed by atoms with Gasteiger partial charge in [-0.1, -0.05) is 23.7 Å². The van der Waals surface area contributed by atoms with Crippen molar-refractivity contribution in [3.63, 3.8) is 0 Å². The van der Waals surface area contributed by atoms with Crippen LogP contribution in [0.15, 0.2) is 47.4 Å². The largest absolute Gasteiger partial charge is 0.455 e. The first-order chi connectivity index (χ1) is 9.41. The van der Waals surface area contributed by atoms with E-state index in [0.717, 1.165) is 11.8 Å². The molecular formula is C14H12Cl2O3S. The van der Waals surface area contributed by atoms with E-state index in [-0.39, 0.29) is 10.8 Å². The molecule has 0 radical (unpaired) electrons. The summed E-state index contributed by atoms with van der Waals surface area (Å²) in [5.74, 6) is 1.25. The normalized spacial score (nSPS) is 11.3. The van der Waals surface area contributed by atoms with Gasteiger partial charge in [0.05, 0.1) is 15.8 Å². The average Bonchev–Trinajstić information content (AvgIpc) is 2.40. The summed E-state index contributed by atoms with van der Waals surface area (Å²) < 4.78 is 28.4. The van der Waals surface area contributed by atoms with Crippen molar-refractivity contribution in [2.45, 2.75) is 10.8 Å². The molecule has 0 aliphatic heterocycles. The molecule has 2 aromatic carbocycles. The van der Waals surface area contributed by atoms with E-state index in [1.807, 2.05) is 6.07 Å². The molecule has 0 spiro atoms. The lowest BCUT2D eigenvalue weighted by Gasteiger charge is -2.11. The highest BCUT2D eigenvalue weighted by molar-refractivity contribution is 7.90. The molecule has 0 saturated carbocycles. The van der Waals surface area contributed by atoms with Crippen molar-refractivity contribution in [3.05, 3.63) is 53.1 Å². The van der Waals surface area contributed by atoms with Crippen LogP contribution in [0.2, 0.25) is 5.02 Å². The minimum absolute atomic E-state index is 0.238. The number of para-hydroxylation sites is 1. The molecule has 0 heterocycles. The second kappa shape index (κ2) is 6.04. The fourth-order valence-electron chi connectivity index (χ4n) is 1.65. The molecule has 0 fully saturated rings. The Morgan fingerprint density at radius 2 is 1.75 bits per heavy atom. The fraction of sp³-hybridized carbons (Fsp3) is 0.143. The zero-order valence-electron chi connectivity index (χ0n) is 10.6. The van der Waals surface area contributed by atoms with Crippen molar-refractivity contribution in [1.82, 2.24) is 0 Å². The van der Waals surface area contributed by atoms with Gasteiger partial charge in [0.25, 0.3) is 0 Å². The predicted octanol–water partition coefficient (Wildman–Crippen LogP) is 4.27. The maximum atomic E-state index is 11.4. The third-order valence-electron chi connectivity index (χ3n) is 2.66. The topological polar surface area (TPSA) is 43.4 Å². The predicted molar refractivity (Wildman–Crippen MR) is 80.6 cm³/mol. The number of hydrogen-bond donors (Lipinski definition) is 0. The Kier molecular flexibility index (Phi) is 4.58. The Morgan fingerprint density at radius 1 is 1.10 bits per heavy atom. The van der Waals surface area contributed by atoms with Gasteiger partial charge in [0.1, 0.15) is 11.5 Å². The van der Waals surface area contributed by atoms with Crippen LogP contribution in [0.3, 0.4) is 0 Å². The molecule has 0 saturated heterocycles. The third kappa shape index (κ3) is 3.45. The Labute approximate surface area is 128 Å². The highest BCUT2D eigenvalue weighted by Crippen LogP contribution is 2.34. The zero-order chi connectivity index (χ0) is 14.8. The van der Waals surface area contributed by atoms with Gasteiger partial charge in [-0.2, -0.15) is 0 Å². The first-order valence-electron chi connectivity index (χ1n) is 5.73. The number of benzene rings is 2. The van der Waals surface area contributed by atoms with Crippen molar-refractivity contribution in [2.75, 3.05) is 6.26 Å². The number of alkyl halides is 1. The number of hydrogen-bond acceptors (Lipinski definition) is 3. The maximum Gasteiger partial charge on any atom is 0.175 e. The van der Waals surface area contributed by atoms with E-state index in [2.05, 4.69) is 0 Å². The van der Waals surface area contributed by atoms with Crippen molar-refractivity contribution in [2.24, 2.45) is 0 Å². The molecule has 2 rings (SSSR count). The molecule has 3 nitrogen and oxygen atoms in total. The van der Waals surface area contributed by atoms with Crippen LogP contribution in [-0.2, 0) is 15.7 Å². The minimum Gasteiger partial charge on any atom is -0.455 e. The lowest BCUT2D eigenvalue weighted by Crippen LogP contribution is -1.97. The van der Waals surface area contributed by atoms with Crippen molar-refractivity contribution >= 4 is 33.0 Å². The number of rotatable bonds is 4. The molecule has 0 aliphatic carbocycles. The minimum atomic E-state index is -3.22. The molecule has 2 aromatic rings. The summed E-state index contributed by atoms with van der Waals surface area (Å²) in [5, 5.41) is 0.454. The van der Waals surface area contributed by atoms with Gasteiger partial charge < -0.3 is 4.74 Å². The Morgan fingerprint density at radius 3 is 2.30 bits per heavy atom. The van der Waals surface area contributed by atoms with Crippen LogP contribution in [0.4, 0.5) is 0 Å². The second-order valence-corrected chi connectivity index (χ2v) is 6.90. The summed E-state index contributed by atoms with van der Waals surface area (Å²) in [5.41, 5.74) is 0.770. The molecule has 0 amide bonds. The van der Waals surface area contributed by atoms with Gasteiger partial charge in [0.2, 0.25) is 0 Å². The van der Waals surface area contributed by atoms with Gasteiger partial charge >= 0.3 is 0 Å². The van der Waals surface area contributed by atoms with Crippen LogP contribution >= 0.6 is 23.2 Å². The zero-order valence-corrected chi connectivity index (χ0v) is 13.0. The summed E-state index contributed by atoms with van der Waals surface area (Å²) in [7, 11) is -3.22. The monoisotopic (exact) mass is 330 g/mol. The smallest absolute Gasteiger partial charge is 0.175 e. The number of ether oxygens (including phenoxy) is 1. The van der Waals surface area contributed by atoms with Gasteiger partial charge in [-0.05, 0) is 30.3 Å². The van der Waals surface area contributed by atoms with Crippen LogP contribution in [0, 0.1) is 0 Å². The SMILES string of the molecule is CS(=O)(=O)c1ccc(Oc2c(Cl)cccc2CCl)cc1. The molecule has 0 unspecified atom stereocenters. The maximum absolute atomic E-state index is 11.4. The molecule has 0 N–H and O–H groups in total. The Hall–Kier alpha value is -1.23. The molecule has 6 heteroatoms. The standard InChI is InChI=1S/C14H12Cl2O3S/c1-20(17,18)12-7-5-11(6-8-12)19-14-10(9-15)3-2-4-13(14)16/h2-8H,9H2,1H3. The molecule has 0 aliphatic rings. The highest BCUT2D eigenvalue weighted by Gasteiger charge is 2.10. The molecule has 0 atom stereocenters. The van der Waals surface area contributed by atoms with Crippen molar-refractivity contribution < 1.29 is 13.2 Å². The van der Waals surface area contributed by atoms with Crippen LogP contribution < -0.4 is 4.74 Å². The quantitative estimate of drug-likeness (QED) is 0.786. The van der Waals surface area contributed by atoms with E-state index in [9.17, 15) is 8.42 Å². The second-order valence-electron chi connectivity index (χ2n) is 4.21. The van der Waals surface area contributed by atoms with Crippen LogP contribution in [0.25, 0.3) is 0 Å². The molecule has 20 heavy (non-hydrogen) atoms. The summed E-state index contributed by atoms with van der Waals surface area (Å²) in [6.45, 7) is 0. The fourth-order valence-corrected chi connectivity index (χ4v) is 2.72. The van der Waals surface area contributed by atoms with E-state index in [4.69, 9.17) is 27.9 Å². The van der Waals surface area contributed by atoms with Gasteiger partial charge in [-0.3, -0.25) is 0 Å². The van der Waals surface area contributed by atoms with E-state index in [0.29, 0.717) is 16.5 Å². The van der Waals surface area contributed by atoms with Crippen molar-refractivity contribution in [3.8, 4) is 11.5 Å². The molecule has 0 aromatic heterocycles. The lowest BCUT2D eigenvalue weighted by molar-refractivity contribution is 0.478. The number of sulfone groups is 1. The van der Waals surface area contributed by atoms with Gasteiger partial charge in [0, 0.05) is 11.8 Å². The highest BCUT2D eigenvalue weighted by atomic mass is 35.5. The van der Waals surface area contributed by atoms with Crippen LogP contribution in [0.1, 0.15) is 5.56 Å². The lowest BCUT2D eigenvalue weighted by atomic mass is 10.2. The van der Waals surface area contributed by atoms with Gasteiger partial charge in [-0.15, -0.1) is 11.6 Å². The Balaban J connectivity index is 2.32. The van der Waals surface area contributed by atoms with Crippen LogP contribution in [0.5, 0.6) is 11.5 Å². The van der Waals surface area contributed by atoms with E-state index in [1.54, 1.807) is 24.3 Å². The van der Waals surface area contributed by atoms with Gasteiger partial charge in [-0.25, -0.2) is 8.42 Å². The van der Waals surface area contributed by atoms with E-state index >= 15 is 0 Å². The first kappa shape index (κ1) is 15.2. The summed E-state index contributed by atoms with van der Waals surface area (Å²) in [6, 6.07) is 11.5.